The molecule has 0 aromatic carbocycles. The highest BCUT2D eigenvalue weighted by atomic mass is 16.1. The summed E-state index contributed by atoms with van der Waals surface area (Å²) in [5.41, 5.74) is 0. The van der Waals surface area contributed by atoms with E-state index in [1.165, 1.54) is 0 Å². The van der Waals surface area contributed by atoms with Crippen LogP contribution < -0.4 is 5.32 Å². The third-order valence-corrected chi connectivity index (χ3v) is 0.955. The van der Waals surface area contributed by atoms with Crippen LogP contribution in [0.5, 0.6) is 0 Å². The standard InChI is InChI=1S/C7H15NO.CH4/c1-5(2)7(9)8-6(3)4;/h5-6H,1-4H3,(H,8,9);1H4. The van der Waals surface area contributed by atoms with Crippen LogP contribution in [0.1, 0.15) is 35.1 Å². The van der Waals surface area contributed by atoms with Gasteiger partial charge in [0.15, 0.2) is 0 Å². The fourth-order valence-corrected chi connectivity index (χ4v) is 0.451. The second-order valence-corrected chi connectivity index (χ2v) is 2.82. The van der Waals surface area contributed by atoms with E-state index in [9.17, 15) is 4.79 Å². The first kappa shape index (κ1) is 12.2. The number of nitrogens with one attached hydrogen (secondary N) is 1. The molecule has 10 heavy (non-hydrogen) atoms. The predicted octanol–water partition coefficient (Wildman–Crippen LogP) is 1.80. The summed E-state index contributed by atoms with van der Waals surface area (Å²) >= 11 is 0. The van der Waals surface area contributed by atoms with E-state index >= 15 is 0 Å². The van der Waals surface area contributed by atoms with Crippen LogP contribution in [0, 0.1) is 5.92 Å². The fraction of sp³-hybridized carbons (Fsp3) is 0.875. The van der Waals surface area contributed by atoms with Crippen molar-refractivity contribution in [3.05, 3.63) is 0 Å². The molecular formula is C8H19NO. The Morgan fingerprint density at radius 3 is 1.70 bits per heavy atom. The smallest absolute Gasteiger partial charge is 0.222 e. The highest BCUT2D eigenvalue weighted by Gasteiger charge is 2.06. The molecule has 62 valence electrons. The summed E-state index contributed by atoms with van der Waals surface area (Å²) in [5, 5.41) is 2.80. The van der Waals surface area contributed by atoms with Crippen LogP contribution >= 0.6 is 0 Å². The van der Waals surface area contributed by atoms with Crippen LogP contribution in [0.25, 0.3) is 0 Å². The van der Waals surface area contributed by atoms with E-state index < -0.39 is 0 Å². The number of amides is 1. The fourth-order valence-electron chi connectivity index (χ4n) is 0.451. The molecule has 2 heteroatoms. The molecule has 0 aliphatic carbocycles. The molecule has 1 N–H and O–H groups in total. The number of carbonyl (C=O) groups excluding carboxylic acids is 1. The van der Waals surface area contributed by atoms with Crippen molar-refractivity contribution >= 4 is 5.91 Å². The molecule has 1 amide bonds. The molecule has 0 unspecified atom stereocenters. The summed E-state index contributed by atoms with van der Waals surface area (Å²) in [4.78, 5) is 10.8. The van der Waals surface area contributed by atoms with E-state index in [1.807, 2.05) is 27.7 Å². The molecule has 0 aromatic rings. The van der Waals surface area contributed by atoms with E-state index in [1.54, 1.807) is 0 Å². The lowest BCUT2D eigenvalue weighted by Gasteiger charge is -2.09. The Morgan fingerprint density at radius 2 is 1.60 bits per heavy atom. The van der Waals surface area contributed by atoms with Crippen molar-refractivity contribution in [2.45, 2.75) is 41.2 Å². The number of hydrogen-bond donors (Lipinski definition) is 1. The van der Waals surface area contributed by atoms with Crippen molar-refractivity contribution in [1.82, 2.24) is 5.32 Å². The molecule has 0 rings (SSSR count). The van der Waals surface area contributed by atoms with Crippen molar-refractivity contribution in [3.63, 3.8) is 0 Å². The maximum absolute atomic E-state index is 10.8. The maximum atomic E-state index is 10.8. The molecule has 2 nitrogen and oxygen atoms in total. The Kier molecular flexibility index (Phi) is 6.42. The lowest BCUT2D eigenvalue weighted by atomic mass is 10.2. The summed E-state index contributed by atoms with van der Waals surface area (Å²) in [6.07, 6.45) is 0. The first-order valence-corrected chi connectivity index (χ1v) is 3.34. The summed E-state index contributed by atoms with van der Waals surface area (Å²) < 4.78 is 0. The van der Waals surface area contributed by atoms with E-state index in [0.29, 0.717) is 0 Å². The molecule has 0 spiro atoms. The first-order valence-electron chi connectivity index (χ1n) is 3.34. The molecule has 0 saturated carbocycles. The minimum absolute atomic E-state index is 0. The zero-order valence-corrected chi connectivity index (χ0v) is 6.56. The van der Waals surface area contributed by atoms with Crippen molar-refractivity contribution < 1.29 is 4.79 Å². The largest absolute Gasteiger partial charge is 0.354 e. The Balaban J connectivity index is 0. The summed E-state index contributed by atoms with van der Waals surface area (Å²) in [6, 6.07) is 0.264. The van der Waals surface area contributed by atoms with Gasteiger partial charge in [-0.3, -0.25) is 4.79 Å². The lowest BCUT2D eigenvalue weighted by Crippen LogP contribution is -2.33. The van der Waals surface area contributed by atoms with Gasteiger partial charge in [-0.1, -0.05) is 21.3 Å². The molecule has 0 bridgehead atoms. The number of carbonyl (C=O) groups is 1. The minimum Gasteiger partial charge on any atom is -0.354 e. The van der Waals surface area contributed by atoms with Gasteiger partial charge in [0.1, 0.15) is 0 Å². The summed E-state index contributed by atoms with van der Waals surface area (Å²) in [7, 11) is 0. The molecule has 0 radical (unpaired) electrons. The quantitative estimate of drug-likeness (QED) is 0.630. The van der Waals surface area contributed by atoms with E-state index in [2.05, 4.69) is 5.32 Å². The zero-order valence-electron chi connectivity index (χ0n) is 6.56. The van der Waals surface area contributed by atoms with Crippen molar-refractivity contribution in [3.8, 4) is 0 Å². The highest BCUT2D eigenvalue weighted by Crippen LogP contribution is 1.91. The first-order chi connectivity index (χ1) is 4.04. The number of rotatable bonds is 2. The van der Waals surface area contributed by atoms with Crippen LogP contribution in [0.2, 0.25) is 0 Å². The van der Waals surface area contributed by atoms with E-state index in [-0.39, 0.29) is 25.3 Å². The van der Waals surface area contributed by atoms with Gasteiger partial charge in [0, 0.05) is 12.0 Å². The van der Waals surface area contributed by atoms with Crippen LogP contribution in [0.3, 0.4) is 0 Å². The second kappa shape index (κ2) is 5.27. The van der Waals surface area contributed by atoms with Gasteiger partial charge in [0.05, 0.1) is 0 Å². The van der Waals surface area contributed by atoms with Crippen molar-refractivity contribution in [2.75, 3.05) is 0 Å². The minimum atomic E-state index is 0. The molecule has 0 heterocycles. The predicted molar refractivity (Wildman–Crippen MR) is 44.8 cm³/mol. The van der Waals surface area contributed by atoms with Crippen LogP contribution in [-0.2, 0) is 4.79 Å². The Hall–Kier alpha value is -0.530. The second-order valence-electron chi connectivity index (χ2n) is 2.82. The summed E-state index contributed by atoms with van der Waals surface area (Å²) in [5.74, 6) is 0.234. The maximum Gasteiger partial charge on any atom is 0.222 e. The lowest BCUT2D eigenvalue weighted by molar-refractivity contribution is -0.124. The molecule has 0 saturated heterocycles. The molecule has 0 atom stereocenters. The molecule has 0 fully saturated rings. The third kappa shape index (κ3) is 5.60. The van der Waals surface area contributed by atoms with E-state index in [0.717, 1.165) is 0 Å². The van der Waals surface area contributed by atoms with Gasteiger partial charge in [0.25, 0.3) is 0 Å². The topological polar surface area (TPSA) is 29.1 Å². The van der Waals surface area contributed by atoms with Crippen molar-refractivity contribution in [1.29, 1.82) is 0 Å². The van der Waals surface area contributed by atoms with Gasteiger partial charge in [-0.05, 0) is 13.8 Å². The monoisotopic (exact) mass is 145 g/mol. The van der Waals surface area contributed by atoms with Gasteiger partial charge in [-0.15, -0.1) is 0 Å². The molecular weight excluding hydrogens is 126 g/mol. The third-order valence-electron chi connectivity index (χ3n) is 0.955. The normalized spacial score (nSPS) is 9.40. The van der Waals surface area contributed by atoms with Gasteiger partial charge in [-0.2, -0.15) is 0 Å². The molecule has 0 aromatic heterocycles. The Labute approximate surface area is 64.0 Å². The average Bonchev–Trinajstić information content (AvgIpc) is 1.63. The van der Waals surface area contributed by atoms with E-state index in [4.69, 9.17) is 0 Å². The van der Waals surface area contributed by atoms with Crippen LogP contribution in [0.4, 0.5) is 0 Å². The van der Waals surface area contributed by atoms with Crippen LogP contribution in [-0.4, -0.2) is 11.9 Å². The Morgan fingerprint density at radius 1 is 1.20 bits per heavy atom. The molecule has 0 aliphatic heterocycles. The number of hydrogen-bond acceptors (Lipinski definition) is 1. The van der Waals surface area contributed by atoms with Gasteiger partial charge in [-0.25, -0.2) is 0 Å². The van der Waals surface area contributed by atoms with Crippen LogP contribution in [0.15, 0.2) is 0 Å². The summed E-state index contributed by atoms with van der Waals surface area (Å²) in [6.45, 7) is 7.69. The van der Waals surface area contributed by atoms with Crippen molar-refractivity contribution in [2.24, 2.45) is 5.92 Å². The SMILES string of the molecule is C.CC(C)NC(=O)C(C)C. The average molecular weight is 145 g/mol. The highest BCUT2D eigenvalue weighted by molar-refractivity contribution is 5.78. The van der Waals surface area contributed by atoms with Gasteiger partial charge >= 0.3 is 0 Å². The van der Waals surface area contributed by atoms with Gasteiger partial charge in [0.2, 0.25) is 5.91 Å². The zero-order chi connectivity index (χ0) is 7.44. The molecule has 0 aliphatic rings. The Bertz CT molecular complexity index is 97.4. The van der Waals surface area contributed by atoms with Gasteiger partial charge < -0.3 is 5.32 Å².